The largest absolute Gasteiger partial charge is 0.434 e. The fourth-order valence-corrected chi connectivity index (χ4v) is 2.90. The molecule has 0 atom stereocenters. The molecule has 4 rings (SSSR count). The molecule has 10 heteroatoms. The Morgan fingerprint density at radius 3 is 3.00 bits per heavy atom. The van der Waals surface area contributed by atoms with Crippen molar-refractivity contribution in [3.63, 3.8) is 0 Å². The molecule has 1 aromatic carbocycles. The first-order valence-corrected chi connectivity index (χ1v) is 9.61. The molecular weight excluding hydrogens is 401 g/mol. The zero-order valence-electron chi connectivity index (χ0n) is 16.7. The molecule has 0 unspecified atom stereocenters. The lowest BCUT2D eigenvalue weighted by molar-refractivity contribution is -0.111. The highest BCUT2D eigenvalue weighted by Gasteiger charge is 2.14. The second-order valence-electron chi connectivity index (χ2n) is 6.64. The lowest BCUT2D eigenvalue weighted by atomic mass is 10.3. The number of hydrogen-bond donors (Lipinski definition) is 2. The van der Waals surface area contributed by atoms with E-state index in [0.717, 1.165) is 19.0 Å². The zero-order valence-corrected chi connectivity index (χ0v) is 16.7. The number of carbonyl (C=O) groups is 1. The van der Waals surface area contributed by atoms with Crippen LogP contribution in [-0.2, 0) is 11.3 Å². The number of halogens is 1. The van der Waals surface area contributed by atoms with E-state index in [4.69, 9.17) is 4.74 Å². The van der Waals surface area contributed by atoms with Crippen LogP contribution in [0.5, 0.6) is 11.6 Å². The summed E-state index contributed by atoms with van der Waals surface area (Å²) in [6, 6.07) is 7.53. The van der Waals surface area contributed by atoms with Gasteiger partial charge in [0.05, 0.1) is 11.9 Å². The molecule has 9 nitrogen and oxygen atoms in total. The fraction of sp³-hybridized carbons (Fsp3) is 0.143. The Balaban J connectivity index is 1.64. The Labute approximate surface area is 177 Å². The molecule has 31 heavy (non-hydrogen) atoms. The summed E-state index contributed by atoms with van der Waals surface area (Å²) in [5.41, 5.74) is 1.63. The molecule has 2 N–H and O–H groups in total. The number of benzene rings is 1. The third-order valence-corrected chi connectivity index (χ3v) is 4.29. The van der Waals surface area contributed by atoms with Crippen molar-refractivity contribution in [1.82, 2.24) is 24.4 Å². The molecule has 4 aromatic rings. The first kappa shape index (κ1) is 20.1. The van der Waals surface area contributed by atoms with Crippen LogP contribution < -0.4 is 15.4 Å². The van der Waals surface area contributed by atoms with E-state index in [-0.39, 0.29) is 17.6 Å². The van der Waals surface area contributed by atoms with Crippen molar-refractivity contribution >= 4 is 28.7 Å². The molecule has 0 spiro atoms. The van der Waals surface area contributed by atoms with Gasteiger partial charge in [0.1, 0.15) is 5.52 Å². The second-order valence-corrected chi connectivity index (χ2v) is 6.64. The van der Waals surface area contributed by atoms with Crippen LogP contribution in [0.15, 0.2) is 61.6 Å². The van der Waals surface area contributed by atoms with Gasteiger partial charge in [-0.15, -0.1) is 5.10 Å². The van der Waals surface area contributed by atoms with E-state index < -0.39 is 11.7 Å². The van der Waals surface area contributed by atoms with Crippen LogP contribution in [0, 0.1) is 5.82 Å². The van der Waals surface area contributed by atoms with Gasteiger partial charge in [0.2, 0.25) is 17.7 Å². The average Bonchev–Trinajstić information content (AvgIpc) is 3.40. The van der Waals surface area contributed by atoms with Crippen molar-refractivity contribution in [1.29, 1.82) is 0 Å². The van der Waals surface area contributed by atoms with Crippen molar-refractivity contribution in [2.45, 2.75) is 19.9 Å². The van der Waals surface area contributed by atoms with Gasteiger partial charge in [-0.05, 0) is 36.8 Å². The maximum atomic E-state index is 14.4. The van der Waals surface area contributed by atoms with Gasteiger partial charge in [-0.3, -0.25) is 9.48 Å². The van der Waals surface area contributed by atoms with Gasteiger partial charge in [-0.25, -0.2) is 8.91 Å². The van der Waals surface area contributed by atoms with Crippen LogP contribution in [0.4, 0.5) is 21.7 Å². The van der Waals surface area contributed by atoms with Crippen LogP contribution in [0.25, 0.3) is 5.52 Å². The molecule has 0 radical (unpaired) electrons. The molecule has 0 bridgehead atoms. The van der Waals surface area contributed by atoms with Crippen LogP contribution in [-0.4, -0.2) is 30.3 Å². The highest BCUT2D eigenvalue weighted by molar-refractivity contribution is 5.98. The SMILES string of the molecule is C=CC(=O)Nc1ccc(F)c(Oc2nc(Nc3cnn(CCC)c3)nn3cccc23)c1. The fourth-order valence-electron chi connectivity index (χ4n) is 2.90. The first-order valence-electron chi connectivity index (χ1n) is 9.61. The molecular formula is C21H20FN7O2. The smallest absolute Gasteiger partial charge is 0.248 e. The number of anilines is 3. The number of aromatic nitrogens is 5. The Morgan fingerprint density at radius 1 is 1.32 bits per heavy atom. The van der Waals surface area contributed by atoms with Gasteiger partial charge in [0, 0.05) is 30.7 Å². The maximum Gasteiger partial charge on any atom is 0.248 e. The van der Waals surface area contributed by atoms with Crippen LogP contribution in [0.3, 0.4) is 0 Å². The summed E-state index contributed by atoms with van der Waals surface area (Å²) in [7, 11) is 0. The van der Waals surface area contributed by atoms with Crippen molar-refractivity contribution in [3.8, 4) is 11.6 Å². The van der Waals surface area contributed by atoms with E-state index in [9.17, 15) is 9.18 Å². The lowest BCUT2D eigenvalue weighted by Crippen LogP contribution is -2.08. The Morgan fingerprint density at radius 2 is 2.19 bits per heavy atom. The normalized spacial score (nSPS) is 10.8. The molecule has 3 aromatic heterocycles. The molecule has 0 aliphatic rings. The molecule has 0 saturated heterocycles. The number of ether oxygens (including phenoxy) is 1. The summed E-state index contributed by atoms with van der Waals surface area (Å²) in [4.78, 5) is 15.9. The van der Waals surface area contributed by atoms with Crippen molar-refractivity contribution in [3.05, 3.63) is 67.4 Å². The third kappa shape index (κ3) is 4.53. The van der Waals surface area contributed by atoms with Crippen molar-refractivity contribution < 1.29 is 13.9 Å². The zero-order chi connectivity index (χ0) is 21.8. The van der Waals surface area contributed by atoms with Gasteiger partial charge in [-0.1, -0.05) is 13.5 Å². The highest BCUT2D eigenvalue weighted by atomic mass is 19.1. The summed E-state index contributed by atoms with van der Waals surface area (Å²) in [5.74, 6) is -0.704. The number of rotatable bonds is 8. The van der Waals surface area contributed by atoms with E-state index in [1.54, 1.807) is 29.0 Å². The first-order chi connectivity index (χ1) is 15.1. The monoisotopic (exact) mass is 421 g/mol. The van der Waals surface area contributed by atoms with Crippen LogP contribution in [0.2, 0.25) is 0 Å². The number of fused-ring (bicyclic) bond motifs is 1. The topological polar surface area (TPSA) is 98.4 Å². The van der Waals surface area contributed by atoms with Gasteiger partial charge in [0.15, 0.2) is 11.6 Å². The highest BCUT2D eigenvalue weighted by Crippen LogP contribution is 2.30. The van der Waals surface area contributed by atoms with Gasteiger partial charge in [0.25, 0.3) is 0 Å². The number of nitrogens with zero attached hydrogens (tertiary/aromatic N) is 5. The van der Waals surface area contributed by atoms with Gasteiger partial charge in [-0.2, -0.15) is 10.1 Å². The number of carbonyl (C=O) groups excluding carboxylic acids is 1. The van der Waals surface area contributed by atoms with Crippen LogP contribution >= 0.6 is 0 Å². The summed E-state index contributed by atoms with van der Waals surface area (Å²) in [6.45, 7) is 6.26. The number of hydrogen-bond acceptors (Lipinski definition) is 6. The predicted molar refractivity (Wildman–Crippen MR) is 114 cm³/mol. The maximum absolute atomic E-state index is 14.4. The number of nitrogens with one attached hydrogen (secondary N) is 2. The van der Waals surface area contributed by atoms with E-state index in [1.807, 2.05) is 10.9 Å². The Bertz CT molecular complexity index is 1250. The lowest BCUT2D eigenvalue weighted by Gasteiger charge is -2.11. The molecule has 0 aliphatic heterocycles. The van der Waals surface area contributed by atoms with Crippen molar-refractivity contribution in [2.75, 3.05) is 10.6 Å². The van der Waals surface area contributed by atoms with Gasteiger partial charge >= 0.3 is 0 Å². The average molecular weight is 421 g/mol. The van der Waals surface area contributed by atoms with Crippen molar-refractivity contribution in [2.24, 2.45) is 0 Å². The summed E-state index contributed by atoms with van der Waals surface area (Å²) in [6.07, 6.45) is 7.33. The summed E-state index contributed by atoms with van der Waals surface area (Å²) < 4.78 is 23.5. The molecule has 0 fully saturated rings. The van der Waals surface area contributed by atoms with Crippen LogP contribution in [0.1, 0.15) is 13.3 Å². The standard InChI is InChI=1S/C21H20FN7O2/c1-3-9-28-13-15(12-23-28)25-21-26-20(17-6-5-10-29(17)27-21)31-18-11-14(7-8-16(18)22)24-19(30)4-2/h4-8,10-13H,2-3,9H2,1H3,(H,24,30)(H,25,27). The Hall–Kier alpha value is -4.21. The summed E-state index contributed by atoms with van der Waals surface area (Å²) in [5, 5.41) is 14.3. The second kappa shape index (κ2) is 8.66. The predicted octanol–water partition coefficient (Wildman–Crippen LogP) is 4.14. The molecule has 0 saturated carbocycles. The van der Waals surface area contributed by atoms with Gasteiger partial charge < -0.3 is 15.4 Å². The quantitative estimate of drug-likeness (QED) is 0.415. The molecule has 158 valence electrons. The molecule has 1 amide bonds. The number of amides is 1. The molecule has 3 heterocycles. The number of aryl methyl sites for hydroxylation is 1. The third-order valence-electron chi connectivity index (χ3n) is 4.29. The molecule has 0 aliphatic carbocycles. The summed E-state index contributed by atoms with van der Waals surface area (Å²) >= 11 is 0. The van der Waals surface area contributed by atoms with E-state index in [0.29, 0.717) is 16.9 Å². The minimum absolute atomic E-state index is 0.0922. The van der Waals surface area contributed by atoms with E-state index in [2.05, 4.69) is 39.3 Å². The minimum atomic E-state index is -0.602. The minimum Gasteiger partial charge on any atom is -0.434 e. The van der Waals surface area contributed by atoms with E-state index >= 15 is 0 Å². The Kier molecular flexibility index (Phi) is 5.61. The van der Waals surface area contributed by atoms with E-state index in [1.165, 1.54) is 18.2 Å².